The summed E-state index contributed by atoms with van der Waals surface area (Å²) in [5.41, 5.74) is 4.35. The lowest BCUT2D eigenvalue weighted by molar-refractivity contribution is 0.210. The van der Waals surface area contributed by atoms with Gasteiger partial charge in [0.2, 0.25) is 0 Å². The van der Waals surface area contributed by atoms with Gasteiger partial charge in [0, 0.05) is 29.6 Å². The molecule has 0 atom stereocenters. The molecule has 1 aliphatic carbocycles. The minimum atomic E-state index is 0.107. The average Bonchev–Trinajstić information content (AvgIpc) is 3.16. The second-order valence-electron chi connectivity index (χ2n) is 6.50. The SMILES string of the molecule is Cc1nn(CCO)c(C)c1CNc1cccc(OC2CCCC2)c1. The number of benzene rings is 1. The molecule has 0 amide bonds. The smallest absolute Gasteiger partial charge is 0.121 e. The van der Waals surface area contributed by atoms with E-state index in [1.165, 1.54) is 31.2 Å². The highest BCUT2D eigenvalue weighted by molar-refractivity contribution is 5.49. The van der Waals surface area contributed by atoms with E-state index >= 15 is 0 Å². The second-order valence-corrected chi connectivity index (χ2v) is 6.50. The Morgan fingerprint density at radius 1 is 1.29 bits per heavy atom. The van der Waals surface area contributed by atoms with Crippen molar-refractivity contribution < 1.29 is 9.84 Å². The number of hydrogen-bond donors (Lipinski definition) is 2. The van der Waals surface area contributed by atoms with Gasteiger partial charge in [-0.3, -0.25) is 4.68 Å². The van der Waals surface area contributed by atoms with Gasteiger partial charge in [0.25, 0.3) is 0 Å². The molecule has 1 fully saturated rings. The van der Waals surface area contributed by atoms with Gasteiger partial charge in [-0.2, -0.15) is 5.10 Å². The highest BCUT2D eigenvalue weighted by atomic mass is 16.5. The molecule has 1 aliphatic rings. The normalized spacial score (nSPS) is 15.0. The number of hydrogen-bond acceptors (Lipinski definition) is 4. The maximum atomic E-state index is 9.11. The Morgan fingerprint density at radius 3 is 2.83 bits per heavy atom. The fourth-order valence-corrected chi connectivity index (χ4v) is 3.37. The summed E-state index contributed by atoms with van der Waals surface area (Å²) in [4.78, 5) is 0. The first-order chi connectivity index (χ1) is 11.7. The topological polar surface area (TPSA) is 59.3 Å². The fourth-order valence-electron chi connectivity index (χ4n) is 3.37. The number of rotatable bonds is 7. The van der Waals surface area contributed by atoms with Gasteiger partial charge in [0.05, 0.1) is 24.9 Å². The average molecular weight is 329 g/mol. The van der Waals surface area contributed by atoms with Crippen LogP contribution in [0.15, 0.2) is 24.3 Å². The van der Waals surface area contributed by atoms with E-state index in [1.807, 2.05) is 30.7 Å². The van der Waals surface area contributed by atoms with Gasteiger partial charge in [-0.1, -0.05) is 6.07 Å². The fraction of sp³-hybridized carbons (Fsp3) is 0.526. The summed E-state index contributed by atoms with van der Waals surface area (Å²) in [6.07, 6.45) is 5.26. The van der Waals surface area contributed by atoms with Crippen molar-refractivity contribution in [1.29, 1.82) is 0 Å². The van der Waals surface area contributed by atoms with Crippen LogP contribution in [0.4, 0.5) is 5.69 Å². The van der Waals surface area contributed by atoms with Crippen molar-refractivity contribution in [2.45, 2.75) is 58.7 Å². The highest BCUT2D eigenvalue weighted by Crippen LogP contribution is 2.26. The molecule has 2 aromatic rings. The molecule has 0 spiro atoms. The van der Waals surface area contributed by atoms with Crippen LogP contribution >= 0.6 is 0 Å². The number of aromatic nitrogens is 2. The Labute approximate surface area is 143 Å². The molecule has 2 N–H and O–H groups in total. The van der Waals surface area contributed by atoms with E-state index in [2.05, 4.69) is 22.5 Å². The lowest BCUT2D eigenvalue weighted by Gasteiger charge is -2.14. The predicted octanol–water partition coefficient (Wildman–Crippen LogP) is 3.43. The summed E-state index contributed by atoms with van der Waals surface area (Å²) in [5.74, 6) is 0.941. The van der Waals surface area contributed by atoms with Crippen LogP contribution in [0.5, 0.6) is 5.75 Å². The summed E-state index contributed by atoms with van der Waals surface area (Å²) in [5, 5.41) is 17.1. The van der Waals surface area contributed by atoms with Crippen molar-refractivity contribution in [3.8, 4) is 5.75 Å². The van der Waals surface area contributed by atoms with Crippen LogP contribution in [0.1, 0.15) is 42.6 Å². The molecular formula is C19H27N3O2. The minimum Gasteiger partial charge on any atom is -0.490 e. The highest BCUT2D eigenvalue weighted by Gasteiger charge is 2.16. The molecule has 1 aromatic carbocycles. The van der Waals surface area contributed by atoms with Crippen molar-refractivity contribution in [2.24, 2.45) is 0 Å². The van der Waals surface area contributed by atoms with Crippen molar-refractivity contribution in [2.75, 3.05) is 11.9 Å². The standard InChI is InChI=1S/C19H27N3O2/c1-14-19(15(2)22(21-14)10-11-23)13-20-16-6-5-9-18(12-16)24-17-7-3-4-8-17/h5-6,9,12,17,20,23H,3-4,7-8,10-11,13H2,1-2H3. The van der Waals surface area contributed by atoms with E-state index in [-0.39, 0.29) is 6.61 Å². The van der Waals surface area contributed by atoms with Crippen LogP contribution in [-0.2, 0) is 13.1 Å². The third-order valence-electron chi connectivity index (χ3n) is 4.75. The van der Waals surface area contributed by atoms with Crippen LogP contribution in [0.25, 0.3) is 0 Å². The largest absolute Gasteiger partial charge is 0.490 e. The summed E-state index contributed by atoms with van der Waals surface area (Å²) in [6, 6.07) is 8.19. The molecule has 1 heterocycles. The lowest BCUT2D eigenvalue weighted by Crippen LogP contribution is -2.11. The van der Waals surface area contributed by atoms with Gasteiger partial charge in [-0.15, -0.1) is 0 Å². The van der Waals surface area contributed by atoms with E-state index in [1.54, 1.807) is 0 Å². The van der Waals surface area contributed by atoms with Crippen molar-refractivity contribution >= 4 is 5.69 Å². The number of nitrogens with one attached hydrogen (secondary N) is 1. The molecule has 1 aromatic heterocycles. The van der Waals surface area contributed by atoms with Gasteiger partial charge in [0.1, 0.15) is 5.75 Å². The van der Waals surface area contributed by atoms with E-state index < -0.39 is 0 Å². The summed E-state index contributed by atoms with van der Waals surface area (Å²) in [6.45, 7) is 5.42. The molecule has 0 saturated heterocycles. The molecule has 24 heavy (non-hydrogen) atoms. The van der Waals surface area contributed by atoms with Gasteiger partial charge < -0.3 is 15.2 Å². The van der Waals surface area contributed by atoms with Gasteiger partial charge in [-0.25, -0.2) is 0 Å². The van der Waals surface area contributed by atoms with E-state index in [0.717, 1.165) is 29.4 Å². The molecule has 0 radical (unpaired) electrons. The quantitative estimate of drug-likeness (QED) is 0.817. The molecule has 1 saturated carbocycles. The Morgan fingerprint density at radius 2 is 2.08 bits per heavy atom. The number of aryl methyl sites for hydroxylation is 1. The molecule has 5 nitrogen and oxygen atoms in total. The summed E-state index contributed by atoms with van der Waals surface area (Å²) >= 11 is 0. The van der Waals surface area contributed by atoms with Crippen molar-refractivity contribution in [3.63, 3.8) is 0 Å². The van der Waals surface area contributed by atoms with E-state index in [4.69, 9.17) is 9.84 Å². The van der Waals surface area contributed by atoms with Gasteiger partial charge >= 0.3 is 0 Å². The molecule has 3 rings (SSSR count). The lowest BCUT2D eigenvalue weighted by atomic mass is 10.2. The Bertz CT molecular complexity index is 675. The number of aliphatic hydroxyl groups is 1. The van der Waals surface area contributed by atoms with Gasteiger partial charge in [0.15, 0.2) is 0 Å². The molecular weight excluding hydrogens is 302 g/mol. The Hall–Kier alpha value is -2.01. The van der Waals surface area contributed by atoms with E-state index in [0.29, 0.717) is 12.6 Å². The zero-order valence-corrected chi connectivity index (χ0v) is 14.6. The van der Waals surface area contributed by atoms with E-state index in [9.17, 15) is 0 Å². The molecule has 130 valence electrons. The monoisotopic (exact) mass is 329 g/mol. The number of anilines is 1. The van der Waals surface area contributed by atoms with Crippen LogP contribution in [0.2, 0.25) is 0 Å². The first-order valence-corrected chi connectivity index (χ1v) is 8.81. The summed E-state index contributed by atoms with van der Waals surface area (Å²) in [7, 11) is 0. The zero-order chi connectivity index (χ0) is 16.9. The predicted molar refractivity (Wildman–Crippen MR) is 95.4 cm³/mol. The molecule has 0 aliphatic heterocycles. The van der Waals surface area contributed by atoms with Crippen LogP contribution in [-0.4, -0.2) is 27.6 Å². The third-order valence-corrected chi connectivity index (χ3v) is 4.75. The molecule has 0 unspecified atom stereocenters. The first-order valence-electron chi connectivity index (χ1n) is 8.81. The van der Waals surface area contributed by atoms with Crippen LogP contribution in [0, 0.1) is 13.8 Å². The number of aliphatic hydroxyl groups excluding tert-OH is 1. The minimum absolute atomic E-state index is 0.107. The maximum absolute atomic E-state index is 9.11. The summed E-state index contributed by atoms with van der Waals surface area (Å²) < 4.78 is 7.93. The van der Waals surface area contributed by atoms with Crippen LogP contribution < -0.4 is 10.1 Å². The molecule has 5 heteroatoms. The van der Waals surface area contributed by atoms with Crippen molar-refractivity contribution in [3.05, 3.63) is 41.2 Å². The maximum Gasteiger partial charge on any atom is 0.121 e. The third kappa shape index (κ3) is 3.90. The van der Waals surface area contributed by atoms with Crippen molar-refractivity contribution in [1.82, 2.24) is 9.78 Å². The number of nitrogens with zero attached hydrogens (tertiary/aromatic N) is 2. The Kier molecular flexibility index (Phi) is 5.41. The zero-order valence-electron chi connectivity index (χ0n) is 14.6. The number of ether oxygens (including phenoxy) is 1. The molecule has 0 bridgehead atoms. The first kappa shape index (κ1) is 16.8. The van der Waals surface area contributed by atoms with Crippen LogP contribution in [0.3, 0.4) is 0 Å². The Balaban J connectivity index is 1.64. The van der Waals surface area contributed by atoms with Gasteiger partial charge in [-0.05, 0) is 51.7 Å². The second kappa shape index (κ2) is 7.71.